The Morgan fingerprint density at radius 3 is 2.41 bits per heavy atom. The van der Waals surface area contributed by atoms with Crippen molar-refractivity contribution in [2.24, 2.45) is 0 Å². The summed E-state index contributed by atoms with van der Waals surface area (Å²) in [6.07, 6.45) is 0. The molecule has 0 atom stereocenters. The molecule has 3 aromatic carbocycles. The summed E-state index contributed by atoms with van der Waals surface area (Å²) >= 11 is 0. The highest BCUT2D eigenvalue weighted by molar-refractivity contribution is 6.05. The first kappa shape index (κ1) is 18.4. The van der Waals surface area contributed by atoms with Gasteiger partial charge in [0.2, 0.25) is 0 Å². The first-order valence-electron chi connectivity index (χ1n) is 9.10. The summed E-state index contributed by atoms with van der Waals surface area (Å²) in [5, 5.41) is 2.86. The maximum atomic E-state index is 12.5. The third-order valence-corrected chi connectivity index (χ3v) is 4.71. The number of esters is 1. The lowest BCUT2D eigenvalue weighted by atomic mass is 10.1. The summed E-state index contributed by atoms with van der Waals surface area (Å²) in [7, 11) is 1.32. The Bertz CT molecular complexity index is 1210. The molecule has 0 saturated heterocycles. The number of aromatic nitrogens is 2. The second kappa shape index (κ2) is 7.59. The number of aryl methyl sites for hydroxylation is 1. The molecule has 0 aliphatic heterocycles. The topological polar surface area (TPSA) is 84.1 Å². The molecule has 0 aliphatic rings. The predicted octanol–water partition coefficient (Wildman–Crippen LogP) is 4.58. The lowest BCUT2D eigenvalue weighted by Gasteiger charge is -2.06. The molecule has 4 aromatic rings. The van der Waals surface area contributed by atoms with Crippen LogP contribution in [0.25, 0.3) is 22.4 Å². The van der Waals surface area contributed by atoms with Gasteiger partial charge in [-0.1, -0.05) is 24.3 Å². The van der Waals surface area contributed by atoms with Gasteiger partial charge in [0.25, 0.3) is 5.91 Å². The number of rotatable bonds is 4. The zero-order valence-corrected chi connectivity index (χ0v) is 16.0. The minimum Gasteiger partial charge on any atom is -0.465 e. The lowest BCUT2D eigenvalue weighted by Crippen LogP contribution is -2.12. The van der Waals surface area contributed by atoms with Crippen molar-refractivity contribution in [3.05, 3.63) is 83.4 Å². The monoisotopic (exact) mass is 385 g/mol. The fraction of sp³-hybridized carbons (Fsp3) is 0.0870. The van der Waals surface area contributed by atoms with Crippen molar-refractivity contribution in [2.75, 3.05) is 12.4 Å². The van der Waals surface area contributed by atoms with E-state index in [4.69, 9.17) is 0 Å². The van der Waals surface area contributed by atoms with Crippen LogP contribution in [0.2, 0.25) is 0 Å². The molecule has 0 fully saturated rings. The van der Waals surface area contributed by atoms with E-state index in [2.05, 4.69) is 20.0 Å². The standard InChI is InChI=1S/C23H19N3O3/c1-14-5-3-4-6-18(14)21-25-19-12-11-17(13-20(19)26-21)24-22(27)15-7-9-16(10-8-15)23(28)29-2/h3-13H,1-2H3,(H,24,27)(H,25,26). The van der Waals surface area contributed by atoms with E-state index in [1.54, 1.807) is 24.3 Å². The van der Waals surface area contributed by atoms with Gasteiger partial charge in [-0.3, -0.25) is 4.79 Å². The van der Waals surface area contributed by atoms with Gasteiger partial charge in [-0.15, -0.1) is 0 Å². The molecule has 144 valence electrons. The number of methoxy groups -OCH3 is 1. The fourth-order valence-corrected chi connectivity index (χ4v) is 3.13. The number of imidazole rings is 1. The molecule has 6 nitrogen and oxygen atoms in total. The Hall–Kier alpha value is -3.93. The van der Waals surface area contributed by atoms with Crippen molar-refractivity contribution in [3.8, 4) is 11.4 Å². The number of ether oxygens (including phenoxy) is 1. The van der Waals surface area contributed by atoms with Gasteiger partial charge in [-0.05, 0) is 55.0 Å². The molecule has 1 amide bonds. The van der Waals surface area contributed by atoms with E-state index in [0.29, 0.717) is 16.8 Å². The number of nitrogens with one attached hydrogen (secondary N) is 2. The van der Waals surface area contributed by atoms with Crippen molar-refractivity contribution in [3.63, 3.8) is 0 Å². The van der Waals surface area contributed by atoms with Crippen molar-refractivity contribution in [1.82, 2.24) is 9.97 Å². The molecule has 0 aliphatic carbocycles. The summed E-state index contributed by atoms with van der Waals surface area (Å²) in [4.78, 5) is 32.0. The smallest absolute Gasteiger partial charge is 0.337 e. The summed E-state index contributed by atoms with van der Waals surface area (Å²) in [6, 6.07) is 19.9. The van der Waals surface area contributed by atoms with E-state index >= 15 is 0 Å². The number of aromatic amines is 1. The molecule has 0 unspecified atom stereocenters. The molecule has 29 heavy (non-hydrogen) atoms. The van der Waals surface area contributed by atoms with Crippen molar-refractivity contribution >= 4 is 28.6 Å². The maximum absolute atomic E-state index is 12.5. The quantitative estimate of drug-likeness (QED) is 0.504. The van der Waals surface area contributed by atoms with E-state index in [1.165, 1.54) is 7.11 Å². The van der Waals surface area contributed by atoms with Crippen LogP contribution < -0.4 is 5.32 Å². The number of hydrogen-bond donors (Lipinski definition) is 2. The second-order valence-electron chi connectivity index (χ2n) is 6.66. The largest absolute Gasteiger partial charge is 0.465 e. The number of anilines is 1. The van der Waals surface area contributed by atoms with Crippen LogP contribution in [-0.4, -0.2) is 29.0 Å². The number of amides is 1. The van der Waals surface area contributed by atoms with E-state index in [0.717, 1.165) is 28.0 Å². The fourth-order valence-electron chi connectivity index (χ4n) is 3.13. The molecule has 2 N–H and O–H groups in total. The Morgan fingerprint density at radius 2 is 1.69 bits per heavy atom. The van der Waals surface area contributed by atoms with Crippen molar-refractivity contribution in [1.29, 1.82) is 0 Å². The average Bonchev–Trinajstić information content (AvgIpc) is 3.16. The summed E-state index contributed by atoms with van der Waals surface area (Å²) in [5.41, 5.74) is 5.31. The zero-order valence-electron chi connectivity index (χ0n) is 16.0. The number of hydrogen-bond acceptors (Lipinski definition) is 4. The minimum absolute atomic E-state index is 0.268. The average molecular weight is 385 g/mol. The third kappa shape index (κ3) is 3.73. The Balaban J connectivity index is 1.56. The second-order valence-corrected chi connectivity index (χ2v) is 6.66. The summed E-state index contributed by atoms with van der Waals surface area (Å²) < 4.78 is 4.67. The number of benzene rings is 3. The molecule has 0 spiro atoms. The first-order valence-corrected chi connectivity index (χ1v) is 9.10. The van der Waals surface area contributed by atoms with Crippen molar-refractivity contribution < 1.29 is 14.3 Å². The van der Waals surface area contributed by atoms with Crippen LogP contribution in [-0.2, 0) is 4.74 Å². The van der Waals surface area contributed by atoms with E-state index in [1.807, 2.05) is 49.4 Å². The molecule has 0 saturated carbocycles. The van der Waals surface area contributed by atoms with Crippen LogP contribution in [0.15, 0.2) is 66.7 Å². The Kier molecular flexibility index (Phi) is 4.83. The highest BCUT2D eigenvalue weighted by Crippen LogP contribution is 2.25. The van der Waals surface area contributed by atoms with Crippen LogP contribution in [0.4, 0.5) is 5.69 Å². The number of nitrogens with zero attached hydrogens (tertiary/aromatic N) is 1. The van der Waals surface area contributed by atoms with Gasteiger partial charge in [-0.25, -0.2) is 9.78 Å². The molecule has 0 radical (unpaired) electrons. The van der Waals surface area contributed by atoms with Crippen LogP contribution in [0.5, 0.6) is 0 Å². The van der Waals surface area contributed by atoms with Crippen LogP contribution in [0.1, 0.15) is 26.3 Å². The first-order chi connectivity index (χ1) is 14.0. The van der Waals surface area contributed by atoms with Gasteiger partial charge in [-0.2, -0.15) is 0 Å². The molecule has 1 aromatic heterocycles. The molecular weight excluding hydrogens is 366 g/mol. The van der Waals surface area contributed by atoms with Crippen molar-refractivity contribution in [2.45, 2.75) is 6.92 Å². The SMILES string of the molecule is COC(=O)c1ccc(C(=O)Nc2ccc3[nH]c(-c4ccccc4C)nc3c2)cc1. The van der Waals surface area contributed by atoms with Gasteiger partial charge in [0, 0.05) is 16.8 Å². The molecule has 1 heterocycles. The number of H-pyrrole nitrogens is 1. The number of carbonyl (C=O) groups excluding carboxylic acids is 2. The number of fused-ring (bicyclic) bond motifs is 1. The third-order valence-electron chi connectivity index (χ3n) is 4.71. The van der Waals surface area contributed by atoms with Gasteiger partial charge >= 0.3 is 5.97 Å². The zero-order chi connectivity index (χ0) is 20.4. The van der Waals surface area contributed by atoms with E-state index in [-0.39, 0.29) is 5.91 Å². The Labute approximate surface area is 167 Å². The van der Waals surface area contributed by atoms with E-state index < -0.39 is 5.97 Å². The van der Waals surface area contributed by atoms with Crippen LogP contribution >= 0.6 is 0 Å². The summed E-state index contributed by atoms with van der Waals surface area (Å²) in [5.74, 6) is 0.0841. The van der Waals surface area contributed by atoms with Gasteiger partial charge in [0.15, 0.2) is 0 Å². The normalized spacial score (nSPS) is 10.7. The predicted molar refractivity (Wildman–Crippen MR) is 112 cm³/mol. The van der Waals surface area contributed by atoms with E-state index in [9.17, 15) is 9.59 Å². The molecule has 4 rings (SSSR count). The van der Waals surface area contributed by atoms with Gasteiger partial charge in [0.05, 0.1) is 23.7 Å². The lowest BCUT2D eigenvalue weighted by molar-refractivity contribution is 0.0600. The van der Waals surface area contributed by atoms with Gasteiger partial charge < -0.3 is 15.0 Å². The molecule has 6 heteroatoms. The Morgan fingerprint density at radius 1 is 0.966 bits per heavy atom. The maximum Gasteiger partial charge on any atom is 0.337 e. The number of carbonyl (C=O) groups is 2. The highest BCUT2D eigenvalue weighted by Gasteiger charge is 2.11. The van der Waals surface area contributed by atoms with Crippen LogP contribution in [0, 0.1) is 6.92 Å². The molecule has 0 bridgehead atoms. The van der Waals surface area contributed by atoms with Crippen LogP contribution in [0.3, 0.4) is 0 Å². The molecular formula is C23H19N3O3. The summed E-state index contributed by atoms with van der Waals surface area (Å²) in [6.45, 7) is 2.04. The minimum atomic E-state index is -0.439. The van der Waals surface area contributed by atoms with Gasteiger partial charge in [0.1, 0.15) is 5.82 Å². The highest BCUT2D eigenvalue weighted by atomic mass is 16.5.